The zero-order chi connectivity index (χ0) is 15.2. The summed E-state index contributed by atoms with van der Waals surface area (Å²) in [5, 5.41) is 22.0. The van der Waals surface area contributed by atoms with Gasteiger partial charge in [-0.2, -0.15) is 0 Å². The fourth-order valence-corrected chi connectivity index (χ4v) is 2.10. The van der Waals surface area contributed by atoms with Crippen LogP contribution < -0.4 is 5.32 Å². The Balaban J connectivity index is 2.83. The van der Waals surface area contributed by atoms with E-state index in [2.05, 4.69) is 5.32 Å². The third-order valence-corrected chi connectivity index (χ3v) is 3.73. The van der Waals surface area contributed by atoms with E-state index in [9.17, 15) is 15.0 Å². The number of carbonyl (C=O) groups excluding carboxylic acids is 1. The van der Waals surface area contributed by atoms with Gasteiger partial charge in [0.2, 0.25) is 5.91 Å². The maximum Gasteiger partial charge on any atom is 0.244 e. The van der Waals surface area contributed by atoms with Gasteiger partial charge in [0.25, 0.3) is 0 Å². The molecular formula is C14H17Cl2NO3. The molecule has 4 nitrogen and oxygen atoms in total. The zero-order valence-electron chi connectivity index (χ0n) is 11.1. The van der Waals surface area contributed by atoms with Gasteiger partial charge in [-0.05, 0) is 24.6 Å². The van der Waals surface area contributed by atoms with Crippen LogP contribution in [0.5, 0.6) is 0 Å². The Morgan fingerprint density at radius 2 is 1.85 bits per heavy atom. The fraction of sp³-hybridized carbons (Fsp3) is 0.357. The van der Waals surface area contributed by atoms with Crippen LogP contribution in [0.1, 0.15) is 18.9 Å². The van der Waals surface area contributed by atoms with Gasteiger partial charge in [-0.25, -0.2) is 0 Å². The van der Waals surface area contributed by atoms with Crippen molar-refractivity contribution in [3.05, 3.63) is 39.9 Å². The third kappa shape index (κ3) is 4.21. The molecule has 1 amide bonds. The van der Waals surface area contributed by atoms with Crippen LogP contribution in [0.3, 0.4) is 0 Å². The third-order valence-electron chi connectivity index (χ3n) is 3.07. The summed E-state index contributed by atoms with van der Waals surface area (Å²) < 4.78 is 0. The molecule has 6 heteroatoms. The van der Waals surface area contributed by atoms with Gasteiger partial charge in [-0.15, -0.1) is 0 Å². The molecule has 0 aliphatic heterocycles. The Kier molecular flexibility index (Phi) is 6.49. The van der Waals surface area contributed by atoms with Crippen LogP contribution in [0.2, 0.25) is 10.0 Å². The first kappa shape index (κ1) is 17.0. The normalized spacial score (nSPS) is 11.8. The van der Waals surface area contributed by atoms with Crippen LogP contribution in [0.25, 0.3) is 6.08 Å². The predicted molar refractivity (Wildman–Crippen MR) is 80.8 cm³/mol. The highest BCUT2D eigenvalue weighted by molar-refractivity contribution is 6.37. The summed E-state index contributed by atoms with van der Waals surface area (Å²) in [6, 6.07) is 5.05. The van der Waals surface area contributed by atoms with E-state index in [1.165, 1.54) is 12.2 Å². The van der Waals surface area contributed by atoms with Gasteiger partial charge < -0.3 is 15.5 Å². The van der Waals surface area contributed by atoms with E-state index in [4.69, 9.17) is 23.2 Å². The fourth-order valence-electron chi connectivity index (χ4n) is 1.57. The van der Waals surface area contributed by atoms with Gasteiger partial charge in [-0.3, -0.25) is 4.79 Å². The molecule has 0 heterocycles. The van der Waals surface area contributed by atoms with Crippen LogP contribution >= 0.6 is 23.2 Å². The molecule has 1 aromatic carbocycles. The van der Waals surface area contributed by atoms with Gasteiger partial charge in [0, 0.05) is 21.7 Å². The topological polar surface area (TPSA) is 69.6 Å². The molecule has 20 heavy (non-hydrogen) atoms. The maximum atomic E-state index is 11.8. The number of nitrogens with one attached hydrogen (secondary N) is 1. The van der Waals surface area contributed by atoms with E-state index in [0.29, 0.717) is 22.0 Å². The van der Waals surface area contributed by atoms with Crippen LogP contribution in [0.4, 0.5) is 0 Å². The van der Waals surface area contributed by atoms with Gasteiger partial charge in [-0.1, -0.05) is 36.2 Å². The highest BCUT2D eigenvalue weighted by Crippen LogP contribution is 2.25. The Morgan fingerprint density at radius 3 is 2.30 bits per heavy atom. The average Bonchev–Trinajstić information content (AvgIpc) is 2.44. The van der Waals surface area contributed by atoms with Crippen molar-refractivity contribution in [1.82, 2.24) is 5.32 Å². The smallest absolute Gasteiger partial charge is 0.244 e. The standard InChI is InChI=1S/C14H17Cl2NO3/c1-2-14(8-18,9-19)17-13(20)7-6-10-11(15)4-3-5-12(10)16/h3-7,18-19H,2,8-9H2,1H3,(H,17,20)/b7-6+. The lowest BCUT2D eigenvalue weighted by Gasteiger charge is -2.29. The lowest BCUT2D eigenvalue weighted by molar-refractivity contribution is -0.119. The molecule has 110 valence electrons. The molecule has 0 spiro atoms. The van der Waals surface area contributed by atoms with Crippen molar-refractivity contribution in [1.29, 1.82) is 0 Å². The summed E-state index contributed by atoms with van der Waals surface area (Å²) in [6.07, 6.45) is 3.17. The van der Waals surface area contributed by atoms with E-state index in [-0.39, 0.29) is 13.2 Å². The monoisotopic (exact) mass is 317 g/mol. The maximum absolute atomic E-state index is 11.8. The van der Waals surface area contributed by atoms with Crippen molar-refractivity contribution in [3.63, 3.8) is 0 Å². The minimum atomic E-state index is -1.02. The van der Waals surface area contributed by atoms with Crippen molar-refractivity contribution < 1.29 is 15.0 Å². The number of amides is 1. The number of aliphatic hydroxyl groups is 2. The number of hydrogen-bond donors (Lipinski definition) is 3. The van der Waals surface area contributed by atoms with Crippen molar-refractivity contribution in [2.24, 2.45) is 0 Å². The molecule has 0 radical (unpaired) electrons. The Morgan fingerprint density at radius 1 is 1.30 bits per heavy atom. The molecule has 3 N–H and O–H groups in total. The molecule has 0 atom stereocenters. The summed E-state index contributed by atoms with van der Waals surface area (Å²) in [4.78, 5) is 11.8. The minimum Gasteiger partial charge on any atom is -0.394 e. The summed E-state index contributed by atoms with van der Waals surface area (Å²) in [5.74, 6) is -0.439. The first-order valence-electron chi connectivity index (χ1n) is 6.14. The number of benzene rings is 1. The molecule has 1 rings (SSSR count). The van der Waals surface area contributed by atoms with Crippen LogP contribution in [-0.4, -0.2) is 34.9 Å². The highest BCUT2D eigenvalue weighted by atomic mass is 35.5. The molecule has 0 bridgehead atoms. The molecule has 0 fully saturated rings. The molecule has 0 aromatic heterocycles. The van der Waals surface area contributed by atoms with Crippen LogP contribution in [0, 0.1) is 0 Å². The second kappa shape index (κ2) is 7.64. The molecule has 0 unspecified atom stereocenters. The highest BCUT2D eigenvalue weighted by Gasteiger charge is 2.27. The van der Waals surface area contributed by atoms with Crippen molar-refractivity contribution in [2.45, 2.75) is 18.9 Å². The summed E-state index contributed by atoms with van der Waals surface area (Å²) in [5.41, 5.74) is -0.479. The second-order valence-electron chi connectivity index (χ2n) is 4.41. The van der Waals surface area contributed by atoms with Gasteiger partial charge in [0.15, 0.2) is 0 Å². The molecule has 0 saturated carbocycles. The van der Waals surface area contributed by atoms with E-state index in [1.807, 2.05) is 0 Å². The lowest BCUT2D eigenvalue weighted by Crippen LogP contribution is -2.53. The number of halogens is 2. The van der Waals surface area contributed by atoms with Crippen LogP contribution in [0.15, 0.2) is 24.3 Å². The van der Waals surface area contributed by atoms with Gasteiger partial charge >= 0.3 is 0 Å². The summed E-state index contributed by atoms with van der Waals surface area (Å²) in [7, 11) is 0. The van der Waals surface area contributed by atoms with E-state index in [1.54, 1.807) is 25.1 Å². The molecular weight excluding hydrogens is 301 g/mol. The largest absolute Gasteiger partial charge is 0.394 e. The SMILES string of the molecule is CCC(CO)(CO)NC(=O)/C=C/c1c(Cl)cccc1Cl. The number of hydrogen-bond acceptors (Lipinski definition) is 3. The first-order valence-corrected chi connectivity index (χ1v) is 6.89. The van der Waals surface area contributed by atoms with Crippen molar-refractivity contribution in [3.8, 4) is 0 Å². The summed E-state index contributed by atoms with van der Waals surface area (Å²) >= 11 is 12.0. The Labute approximate surface area is 128 Å². The van der Waals surface area contributed by atoms with Crippen molar-refractivity contribution >= 4 is 35.2 Å². The Bertz CT molecular complexity index is 471. The molecule has 0 aliphatic carbocycles. The molecule has 0 saturated heterocycles. The Hall–Kier alpha value is -1.07. The molecule has 0 aliphatic rings. The quantitative estimate of drug-likeness (QED) is 0.705. The van der Waals surface area contributed by atoms with E-state index in [0.717, 1.165) is 0 Å². The summed E-state index contributed by atoms with van der Waals surface area (Å²) in [6.45, 7) is 1.08. The minimum absolute atomic E-state index is 0.341. The van der Waals surface area contributed by atoms with Crippen molar-refractivity contribution in [2.75, 3.05) is 13.2 Å². The molecule has 1 aromatic rings. The first-order chi connectivity index (χ1) is 9.48. The predicted octanol–water partition coefficient (Wildman–Crippen LogP) is 2.26. The van der Waals surface area contributed by atoms with E-state index >= 15 is 0 Å². The zero-order valence-corrected chi connectivity index (χ0v) is 12.6. The van der Waals surface area contributed by atoms with E-state index < -0.39 is 11.4 Å². The van der Waals surface area contributed by atoms with Gasteiger partial charge in [0.05, 0.1) is 18.8 Å². The number of rotatable bonds is 6. The van der Waals surface area contributed by atoms with Crippen LogP contribution in [-0.2, 0) is 4.79 Å². The number of carbonyl (C=O) groups is 1. The average molecular weight is 318 g/mol. The number of aliphatic hydroxyl groups excluding tert-OH is 2. The lowest BCUT2D eigenvalue weighted by atomic mass is 9.98. The van der Waals surface area contributed by atoms with Gasteiger partial charge in [0.1, 0.15) is 0 Å². The second-order valence-corrected chi connectivity index (χ2v) is 5.22.